The molecule has 0 aromatic rings. The molecule has 1 N–H and O–H groups in total. The van der Waals surface area contributed by atoms with Crippen LogP contribution in [-0.2, 0) is 9.53 Å². The minimum atomic E-state index is -0.245. The van der Waals surface area contributed by atoms with Gasteiger partial charge in [0.15, 0.2) is 0 Å². The van der Waals surface area contributed by atoms with Crippen LogP contribution >= 0.6 is 0 Å². The topological polar surface area (TPSA) is 41.6 Å². The molecule has 1 aliphatic heterocycles. The van der Waals surface area contributed by atoms with Crippen LogP contribution < -0.4 is 5.32 Å². The SMILES string of the molecule is CN1CCC(CNC(=O)COC(C)(C)C)CC1. The van der Waals surface area contributed by atoms with E-state index in [1.54, 1.807) is 0 Å². The van der Waals surface area contributed by atoms with E-state index in [1.807, 2.05) is 20.8 Å². The number of ether oxygens (including phenoxy) is 1. The summed E-state index contributed by atoms with van der Waals surface area (Å²) in [6.07, 6.45) is 2.35. The molecule has 1 rings (SSSR count). The van der Waals surface area contributed by atoms with Gasteiger partial charge < -0.3 is 15.0 Å². The van der Waals surface area contributed by atoms with Crippen molar-refractivity contribution >= 4 is 5.91 Å². The van der Waals surface area contributed by atoms with Gasteiger partial charge in [-0.1, -0.05) is 0 Å². The zero-order chi connectivity index (χ0) is 12.9. The standard InChI is InChI=1S/C13H26N2O2/c1-13(2,3)17-10-12(16)14-9-11-5-7-15(4)8-6-11/h11H,5-10H2,1-4H3,(H,14,16). The average Bonchev–Trinajstić information content (AvgIpc) is 2.25. The van der Waals surface area contributed by atoms with E-state index in [0.717, 1.165) is 19.6 Å². The van der Waals surface area contributed by atoms with Crippen molar-refractivity contribution in [3.8, 4) is 0 Å². The average molecular weight is 242 g/mol. The van der Waals surface area contributed by atoms with Gasteiger partial charge in [-0.05, 0) is 59.7 Å². The zero-order valence-electron chi connectivity index (χ0n) is 11.6. The summed E-state index contributed by atoms with van der Waals surface area (Å²) in [5.41, 5.74) is -0.245. The molecule has 100 valence electrons. The van der Waals surface area contributed by atoms with Crippen LogP contribution in [0.4, 0.5) is 0 Å². The molecule has 1 amide bonds. The number of hydrogen-bond donors (Lipinski definition) is 1. The van der Waals surface area contributed by atoms with Crippen molar-refractivity contribution < 1.29 is 9.53 Å². The summed E-state index contributed by atoms with van der Waals surface area (Å²) >= 11 is 0. The normalized spacial score (nSPS) is 19.3. The highest BCUT2D eigenvalue weighted by molar-refractivity contribution is 5.77. The van der Waals surface area contributed by atoms with Crippen LogP contribution in [0.2, 0.25) is 0 Å². The van der Waals surface area contributed by atoms with Crippen molar-refractivity contribution in [2.45, 2.75) is 39.2 Å². The van der Waals surface area contributed by atoms with Crippen molar-refractivity contribution in [1.29, 1.82) is 0 Å². The third kappa shape index (κ3) is 6.64. The second-order valence-corrected chi connectivity index (χ2v) is 5.95. The van der Waals surface area contributed by atoms with Crippen molar-refractivity contribution in [3.63, 3.8) is 0 Å². The Balaban J connectivity index is 2.11. The fourth-order valence-corrected chi connectivity index (χ4v) is 1.86. The van der Waals surface area contributed by atoms with Gasteiger partial charge in [0.05, 0.1) is 5.60 Å². The number of nitrogens with zero attached hydrogens (tertiary/aromatic N) is 1. The molecular weight excluding hydrogens is 216 g/mol. The summed E-state index contributed by atoms with van der Waals surface area (Å²) in [6.45, 7) is 9.10. The van der Waals surface area contributed by atoms with E-state index in [9.17, 15) is 4.79 Å². The molecule has 0 radical (unpaired) electrons. The fraction of sp³-hybridized carbons (Fsp3) is 0.923. The highest BCUT2D eigenvalue weighted by Gasteiger charge is 2.18. The number of carbonyl (C=O) groups excluding carboxylic acids is 1. The predicted molar refractivity (Wildman–Crippen MR) is 68.9 cm³/mol. The number of likely N-dealkylation sites (tertiary alicyclic amines) is 1. The van der Waals surface area contributed by atoms with Gasteiger partial charge in [-0.3, -0.25) is 4.79 Å². The Morgan fingerprint density at radius 2 is 1.94 bits per heavy atom. The molecule has 1 saturated heterocycles. The summed E-state index contributed by atoms with van der Waals surface area (Å²) in [7, 11) is 2.14. The Kier molecular flexibility index (Phi) is 5.40. The van der Waals surface area contributed by atoms with Crippen molar-refractivity contribution in [2.75, 3.05) is 33.3 Å². The van der Waals surface area contributed by atoms with E-state index >= 15 is 0 Å². The van der Waals surface area contributed by atoms with Gasteiger partial charge in [0.2, 0.25) is 5.91 Å². The third-order valence-electron chi connectivity index (χ3n) is 3.06. The van der Waals surface area contributed by atoms with Gasteiger partial charge in [-0.2, -0.15) is 0 Å². The van der Waals surface area contributed by atoms with E-state index < -0.39 is 0 Å². The maximum atomic E-state index is 11.6. The lowest BCUT2D eigenvalue weighted by Gasteiger charge is -2.29. The second-order valence-electron chi connectivity index (χ2n) is 5.95. The first-order valence-electron chi connectivity index (χ1n) is 6.46. The smallest absolute Gasteiger partial charge is 0.246 e. The highest BCUT2D eigenvalue weighted by atomic mass is 16.5. The molecule has 0 spiro atoms. The van der Waals surface area contributed by atoms with Gasteiger partial charge >= 0.3 is 0 Å². The van der Waals surface area contributed by atoms with Crippen molar-refractivity contribution in [3.05, 3.63) is 0 Å². The summed E-state index contributed by atoms with van der Waals surface area (Å²) < 4.78 is 5.43. The Morgan fingerprint density at radius 1 is 1.35 bits per heavy atom. The second kappa shape index (κ2) is 6.36. The summed E-state index contributed by atoms with van der Waals surface area (Å²) in [6, 6.07) is 0. The number of carbonyl (C=O) groups is 1. The molecule has 0 aromatic heterocycles. The molecule has 1 fully saturated rings. The number of amides is 1. The van der Waals surface area contributed by atoms with Gasteiger partial charge in [0.1, 0.15) is 6.61 Å². The highest BCUT2D eigenvalue weighted by Crippen LogP contribution is 2.14. The molecule has 0 saturated carbocycles. The quantitative estimate of drug-likeness (QED) is 0.807. The number of rotatable bonds is 4. The van der Waals surface area contributed by atoms with E-state index in [4.69, 9.17) is 4.74 Å². The molecule has 0 atom stereocenters. The molecular formula is C13H26N2O2. The third-order valence-corrected chi connectivity index (χ3v) is 3.06. The van der Waals surface area contributed by atoms with Gasteiger partial charge in [-0.25, -0.2) is 0 Å². The first kappa shape index (κ1) is 14.5. The van der Waals surface area contributed by atoms with E-state index in [1.165, 1.54) is 12.8 Å². The molecule has 4 nitrogen and oxygen atoms in total. The lowest BCUT2D eigenvalue weighted by atomic mass is 9.97. The number of nitrogens with one attached hydrogen (secondary N) is 1. The van der Waals surface area contributed by atoms with E-state index in [-0.39, 0.29) is 18.1 Å². The van der Waals surface area contributed by atoms with Gasteiger partial charge in [0.25, 0.3) is 0 Å². The summed E-state index contributed by atoms with van der Waals surface area (Å²) in [4.78, 5) is 13.9. The van der Waals surface area contributed by atoms with Gasteiger partial charge in [0, 0.05) is 6.54 Å². The monoisotopic (exact) mass is 242 g/mol. The molecule has 0 aliphatic carbocycles. The fourth-order valence-electron chi connectivity index (χ4n) is 1.86. The molecule has 0 aromatic carbocycles. The van der Waals surface area contributed by atoms with Crippen molar-refractivity contribution in [2.24, 2.45) is 5.92 Å². The molecule has 17 heavy (non-hydrogen) atoms. The minimum absolute atomic E-state index is 0.00106. The van der Waals surface area contributed by atoms with Crippen LogP contribution in [0.1, 0.15) is 33.6 Å². The Hall–Kier alpha value is -0.610. The summed E-state index contributed by atoms with van der Waals surface area (Å²) in [5.74, 6) is 0.628. The zero-order valence-corrected chi connectivity index (χ0v) is 11.6. The Bertz CT molecular complexity index is 240. The maximum absolute atomic E-state index is 11.6. The summed E-state index contributed by atoms with van der Waals surface area (Å²) in [5, 5.41) is 2.96. The first-order chi connectivity index (χ1) is 7.87. The van der Waals surface area contributed by atoms with Crippen LogP contribution in [0.25, 0.3) is 0 Å². The number of hydrogen-bond acceptors (Lipinski definition) is 3. The van der Waals surface area contributed by atoms with Gasteiger partial charge in [-0.15, -0.1) is 0 Å². The number of piperidine rings is 1. The van der Waals surface area contributed by atoms with E-state index in [0.29, 0.717) is 5.92 Å². The molecule has 1 heterocycles. The molecule has 1 aliphatic rings. The molecule has 0 bridgehead atoms. The lowest BCUT2D eigenvalue weighted by molar-refractivity contribution is -0.130. The molecule has 4 heteroatoms. The maximum Gasteiger partial charge on any atom is 0.246 e. The van der Waals surface area contributed by atoms with Crippen LogP contribution in [0.3, 0.4) is 0 Å². The predicted octanol–water partition coefficient (Wildman–Crippen LogP) is 1.26. The van der Waals surface area contributed by atoms with Crippen LogP contribution in [0.15, 0.2) is 0 Å². The minimum Gasteiger partial charge on any atom is -0.366 e. The van der Waals surface area contributed by atoms with Crippen LogP contribution in [0.5, 0.6) is 0 Å². The van der Waals surface area contributed by atoms with Crippen LogP contribution in [-0.4, -0.2) is 49.7 Å². The lowest BCUT2D eigenvalue weighted by Crippen LogP contribution is -2.39. The van der Waals surface area contributed by atoms with Crippen molar-refractivity contribution in [1.82, 2.24) is 10.2 Å². The Morgan fingerprint density at radius 3 is 2.47 bits per heavy atom. The molecule has 0 unspecified atom stereocenters. The Labute approximate surface area is 105 Å². The van der Waals surface area contributed by atoms with E-state index in [2.05, 4.69) is 17.3 Å². The van der Waals surface area contributed by atoms with Crippen LogP contribution in [0, 0.1) is 5.92 Å². The largest absolute Gasteiger partial charge is 0.366 e. The first-order valence-corrected chi connectivity index (χ1v) is 6.46.